The molecule has 0 heterocycles. The minimum Gasteiger partial charge on any atom is -0.456 e. The van der Waals surface area contributed by atoms with Crippen LogP contribution in [0, 0.1) is 19.7 Å². The average molecular weight is 343 g/mol. The number of hydrogen-bond donors (Lipinski definition) is 1. The number of esters is 1. The van der Waals surface area contributed by atoms with Crippen LogP contribution in [0.25, 0.3) is 0 Å². The summed E-state index contributed by atoms with van der Waals surface area (Å²) in [7, 11) is 0. The fourth-order valence-corrected chi connectivity index (χ4v) is 2.10. The molecule has 0 spiro atoms. The Morgan fingerprint density at radius 2 is 1.76 bits per heavy atom. The second-order valence-electron chi connectivity index (χ2n) is 5.55. The Hall–Kier alpha value is -3.02. The molecule has 1 amide bonds. The highest BCUT2D eigenvalue weighted by atomic mass is 19.1. The number of benzene rings is 2. The van der Waals surface area contributed by atoms with Gasteiger partial charge >= 0.3 is 5.97 Å². The van der Waals surface area contributed by atoms with Gasteiger partial charge in [-0.2, -0.15) is 0 Å². The standard InChI is InChI=1S/C19H18FNO4/c1-12-7-8-14(9-13(12)2)19(24)21-10-18(23)25-11-17(22)15-5-3-4-6-16(15)20/h3-9H,10-11H2,1-2H3,(H,21,24). The van der Waals surface area contributed by atoms with E-state index in [1.54, 1.807) is 12.1 Å². The summed E-state index contributed by atoms with van der Waals surface area (Å²) < 4.78 is 18.2. The number of carbonyl (C=O) groups is 3. The molecule has 0 radical (unpaired) electrons. The van der Waals surface area contributed by atoms with E-state index in [2.05, 4.69) is 5.32 Å². The highest BCUT2D eigenvalue weighted by Crippen LogP contribution is 2.10. The zero-order valence-corrected chi connectivity index (χ0v) is 14.0. The molecule has 130 valence electrons. The van der Waals surface area contributed by atoms with Crippen LogP contribution in [-0.2, 0) is 9.53 Å². The zero-order valence-electron chi connectivity index (χ0n) is 14.0. The summed E-state index contributed by atoms with van der Waals surface area (Å²) in [5, 5.41) is 2.42. The van der Waals surface area contributed by atoms with Crippen LogP contribution >= 0.6 is 0 Å². The number of halogens is 1. The Labute approximate surface area is 144 Å². The summed E-state index contributed by atoms with van der Waals surface area (Å²) in [5.41, 5.74) is 2.31. The molecule has 0 saturated heterocycles. The van der Waals surface area contributed by atoms with E-state index in [0.29, 0.717) is 5.56 Å². The highest BCUT2D eigenvalue weighted by Gasteiger charge is 2.14. The minimum atomic E-state index is -0.776. The molecule has 25 heavy (non-hydrogen) atoms. The number of rotatable bonds is 6. The first-order valence-corrected chi connectivity index (χ1v) is 7.67. The summed E-state index contributed by atoms with van der Waals surface area (Å²) in [4.78, 5) is 35.4. The quantitative estimate of drug-likeness (QED) is 0.646. The third-order valence-electron chi connectivity index (χ3n) is 3.70. The molecule has 0 aliphatic rings. The molecule has 0 unspecified atom stereocenters. The van der Waals surface area contributed by atoms with Gasteiger partial charge < -0.3 is 10.1 Å². The van der Waals surface area contributed by atoms with E-state index in [4.69, 9.17) is 4.74 Å². The van der Waals surface area contributed by atoms with Crippen LogP contribution < -0.4 is 5.32 Å². The Bertz CT molecular complexity index is 817. The van der Waals surface area contributed by atoms with Crippen LogP contribution in [0.5, 0.6) is 0 Å². The van der Waals surface area contributed by atoms with Crippen molar-refractivity contribution in [3.05, 3.63) is 70.5 Å². The highest BCUT2D eigenvalue weighted by molar-refractivity contribution is 5.99. The number of ketones is 1. The summed E-state index contributed by atoms with van der Waals surface area (Å²) in [5.74, 6) is -2.51. The SMILES string of the molecule is Cc1ccc(C(=O)NCC(=O)OCC(=O)c2ccccc2F)cc1C. The molecule has 0 aromatic heterocycles. The molecular weight excluding hydrogens is 325 g/mol. The Kier molecular flexibility index (Phi) is 6.00. The molecule has 0 aliphatic heterocycles. The molecule has 5 nitrogen and oxygen atoms in total. The molecule has 1 N–H and O–H groups in total. The van der Waals surface area contributed by atoms with Crippen molar-refractivity contribution < 1.29 is 23.5 Å². The van der Waals surface area contributed by atoms with Gasteiger partial charge in [-0.15, -0.1) is 0 Å². The van der Waals surface area contributed by atoms with Crippen LogP contribution in [0.3, 0.4) is 0 Å². The van der Waals surface area contributed by atoms with Gasteiger partial charge in [-0.3, -0.25) is 14.4 Å². The molecule has 0 bridgehead atoms. The fraction of sp³-hybridized carbons (Fsp3) is 0.211. The van der Waals surface area contributed by atoms with Gasteiger partial charge in [0, 0.05) is 5.56 Å². The lowest BCUT2D eigenvalue weighted by Crippen LogP contribution is -2.31. The molecule has 6 heteroatoms. The second-order valence-corrected chi connectivity index (χ2v) is 5.55. The lowest BCUT2D eigenvalue weighted by atomic mass is 10.1. The molecule has 2 rings (SSSR count). The molecule has 2 aromatic carbocycles. The van der Waals surface area contributed by atoms with Gasteiger partial charge in [0.15, 0.2) is 6.61 Å². The number of aryl methyl sites for hydroxylation is 2. The van der Waals surface area contributed by atoms with Crippen LogP contribution in [0.15, 0.2) is 42.5 Å². The van der Waals surface area contributed by atoms with E-state index in [-0.39, 0.29) is 12.1 Å². The molecular formula is C19H18FNO4. The van der Waals surface area contributed by atoms with Crippen LogP contribution in [-0.4, -0.2) is 30.8 Å². The number of nitrogens with one attached hydrogen (secondary N) is 1. The van der Waals surface area contributed by atoms with Crippen molar-refractivity contribution in [2.45, 2.75) is 13.8 Å². The third-order valence-corrected chi connectivity index (χ3v) is 3.70. The third kappa shape index (κ3) is 4.97. The van der Waals surface area contributed by atoms with E-state index in [9.17, 15) is 18.8 Å². The minimum absolute atomic E-state index is 0.144. The van der Waals surface area contributed by atoms with Gasteiger partial charge in [0.2, 0.25) is 5.78 Å². The van der Waals surface area contributed by atoms with Crippen LogP contribution in [0.1, 0.15) is 31.8 Å². The lowest BCUT2D eigenvalue weighted by Gasteiger charge is -2.08. The molecule has 0 saturated carbocycles. The van der Waals surface area contributed by atoms with Crippen molar-refractivity contribution >= 4 is 17.7 Å². The largest absolute Gasteiger partial charge is 0.456 e. The number of Topliss-reactive ketones (excluding diaryl/α,β-unsaturated/α-hetero) is 1. The van der Waals surface area contributed by atoms with Crippen molar-refractivity contribution in [3.8, 4) is 0 Å². The lowest BCUT2D eigenvalue weighted by molar-refractivity contribution is -0.141. The van der Waals surface area contributed by atoms with Gasteiger partial charge in [-0.05, 0) is 49.2 Å². The van der Waals surface area contributed by atoms with E-state index < -0.39 is 30.1 Å². The van der Waals surface area contributed by atoms with E-state index >= 15 is 0 Å². The predicted molar refractivity (Wildman–Crippen MR) is 89.9 cm³/mol. The zero-order chi connectivity index (χ0) is 18.4. The van der Waals surface area contributed by atoms with Gasteiger partial charge in [0.05, 0.1) is 5.56 Å². The predicted octanol–water partition coefficient (Wildman–Crippen LogP) is 2.60. The van der Waals surface area contributed by atoms with Crippen molar-refractivity contribution in [1.82, 2.24) is 5.32 Å². The second kappa shape index (κ2) is 8.19. The number of amides is 1. The molecule has 2 aromatic rings. The number of carbonyl (C=O) groups excluding carboxylic acids is 3. The topological polar surface area (TPSA) is 72.5 Å². The summed E-state index contributed by atoms with van der Waals surface area (Å²) >= 11 is 0. The number of hydrogen-bond acceptors (Lipinski definition) is 4. The Balaban J connectivity index is 1.82. The van der Waals surface area contributed by atoms with E-state index in [1.807, 2.05) is 19.9 Å². The average Bonchev–Trinajstić information content (AvgIpc) is 2.60. The van der Waals surface area contributed by atoms with Gasteiger partial charge in [-0.1, -0.05) is 18.2 Å². The van der Waals surface area contributed by atoms with E-state index in [0.717, 1.165) is 17.2 Å². The van der Waals surface area contributed by atoms with Gasteiger partial charge in [0.1, 0.15) is 12.4 Å². The maximum atomic E-state index is 13.4. The van der Waals surface area contributed by atoms with Crippen LogP contribution in [0.4, 0.5) is 4.39 Å². The van der Waals surface area contributed by atoms with Crippen molar-refractivity contribution in [1.29, 1.82) is 0 Å². The molecule has 0 fully saturated rings. The maximum absolute atomic E-state index is 13.4. The first-order chi connectivity index (χ1) is 11.9. The maximum Gasteiger partial charge on any atom is 0.325 e. The van der Waals surface area contributed by atoms with Crippen molar-refractivity contribution in [3.63, 3.8) is 0 Å². The first kappa shape index (κ1) is 18.3. The van der Waals surface area contributed by atoms with Crippen molar-refractivity contribution in [2.24, 2.45) is 0 Å². The Morgan fingerprint density at radius 1 is 1.04 bits per heavy atom. The Morgan fingerprint density at radius 3 is 2.44 bits per heavy atom. The molecule has 0 aliphatic carbocycles. The monoisotopic (exact) mass is 343 g/mol. The molecule has 0 atom stereocenters. The fourth-order valence-electron chi connectivity index (χ4n) is 2.10. The number of ether oxygens (including phenoxy) is 1. The summed E-state index contributed by atoms with van der Waals surface area (Å²) in [6.07, 6.45) is 0. The van der Waals surface area contributed by atoms with Crippen molar-refractivity contribution in [2.75, 3.05) is 13.2 Å². The summed E-state index contributed by atoms with van der Waals surface area (Å²) in [6, 6.07) is 10.6. The van der Waals surface area contributed by atoms with E-state index in [1.165, 1.54) is 18.2 Å². The van der Waals surface area contributed by atoms with Gasteiger partial charge in [-0.25, -0.2) is 4.39 Å². The van der Waals surface area contributed by atoms with Gasteiger partial charge in [0.25, 0.3) is 5.91 Å². The normalized spacial score (nSPS) is 10.2. The first-order valence-electron chi connectivity index (χ1n) is 7.67. The summed E-state index contributed by atoms with van der Waals surface area (Å²) in [6.45, 7) is 2.85. The van der Waals surface area contributed by atoms with Crippen LogP contribution in [0.2, 0.25) is 0 Å². The smallest absolute Gasteiger partial charge is 0.325 e.